The molecule has 0 fully saturated rings. The van der Waals surface area contributed by atoms with Crippen LogP contribution in [0.3, 0.4) is 0 Å². The molecule has 8 nitrogen and oxygen atoms in total. The number of nitrogens with two attached hydrogens (primary N) is 1. The van der Waals surface area contributed by atoms with Gasteiger partial charge in [0.1, 0.15) is 36.6 Å². The number of ketones is 1. The summed E-state index contributed by atoms with van der Waals surface area (Å²) in [4.78, 5) is 28.7. The number of pyridine rings is 1. The standard InChI is InChI=1S/C20H16ClF3N4O2.CH2O2/c1-19(20(23,24)10-30-9-17(26)28-19)13-4-11(2-3-15(13)22)6-16(29)18-14(21)5-12(7-25)8-27-18;2-1-3/h2-5,8H,6,9-10H2,1H3,(H2,26,28);1H,(H,2,3)/t19-;/m1./s1. The van der Waals surface area contributed by atoms with E-state index in [1.807, 2.05) is 6.07 Å². The van der Waals surface area contributed by atoms with Gasteiger partial charge in [-0.3, -0.25) is 19.6 Å². The summed E-state index contributed by atoms with van der Waals surface area (Å²) < 4.78 is 48.9. The molecule has 0 bridgehead atoms. The first-order valence-electron chi connectivity index (χ1n) is 9.24. The average Bonchev–Trinajstić information content (AvgIpc) is 2.84. The smallest absolute Gasteiger partial charge is 0.299 e. The molecule has 3 rings (SSSR count). The van der Waals surface area contributed by atoms with Gasteiger partial charge in [-0.25, -0.2) is 13.2 Å². The van der Waals surface area contributed by atoms with Crippen LogP contribution in [0.2, 0.25) is 5.02 Å². The highest BCUT2D eigenvalue weighted by molar-refractivity contribution is 6.33. The lowest BCUT2D eigenvalue weighted by Gasteiger charge is -2.33. The molecule has 174 valence electrons. The molecular weight excluding hydrogens is 465 g/mol. The Hall–Kier alpha value is -3.49. The van der Waals surface area contributed by atoms with Gasteiger partial charge in [-0.15, -0.1) is 0 Å². The predicted molar refractivity (Wildman–Crippen MR) is 112 cm³/mol. The highest BCUT2D eigenvalue weighted by atomic mass is 35.5. The van der Waals surface area contributed by atoms with E-state index >= 15 is 0 Å². The van der Waals surface area contributed by atoms with Crippen LogP contribution in [0.5, 0.6) is 0 Å². The lowest BCUT2D eigenvalue weighted by molar-refractivity contribution is -0.122. The molecule has 33 heavy (non-hydrogen) atoms. The zero-order valence-corrected chi connectivity index (χ0v) is 17.9. The Bertz CT molecular complexity index is 1140. The van der Waals surface area contributed by atoms with Crippen molar-refractivity contribution in [3.63, 3.8) is 0 Å². The van der Waals surface area contributed by atoms with Gasteiger partial charge in [-0.2, -0.15) is 5.26 Å². The Morgan fingerprint density at radius 2 is 2.09 bits per heavy atom. The van der Waals surface area contributed by atoms with Crippen molar-refractivity contribution in [3.8, 4) is 6.07 Å². The third-order valence-electron chi connectivity index (χ3n) is 4.77. The number of benzene rings is 1. The molecule has 0 amide bonds. The predicted octanol–water partition coefficient (Wildman–Crippen LogP) is 3.11. The number of Topliss-reactive ketones (excluding diaryl/α,β-unsaturated/α-hetero) is 1. The maximum atomic E-state index is 14.8. The van der Waals surface area contributed by atoms with Crippen LogP contribution >= 0.6 is 11.6 Å². The number of rotatable bonds is 4. The number of carbonyl (C=O) groups is 2. The van der Waals surface area contributed by atoms with Gasteiger partial charge in [0.2, 0.25) is 0 Å². The zero-order chi connectivity index (χ0) is 24.8. The van der Waals surface area contributed by atoms with E-state index in [-0.39, 0.29) is 47.2 Å². The third-order valence-corrected chi connectivity index (χ3v) is 5.06. The Labute approximate surface area is 191 Å². The number of alkyl halides is 2. The lowest BCUT2D eigenvalue weighted by atomic mass is 9.84. The molecule has 3 N–H and O–H groups in total. The minimum atomic E-state index is -3.55. The van der Waals surface area contributed by atoms with Crippen LogP contribution in [0.15, 0.2) is 35.5 Å². The molecule has 0 spiro atoms. The summed E-state index contributed by atoms with van der Waals surface area (Å²) in [5.74, 6) is -5.17. The van der Waals surface area contributed by atoms with Crippen molar-refractivity contribution in [1.29, 1.82) is 5.26 Å². The lowest BCUT2D eigenvalue weighted by Crippen LogP contribution is -2.45. The molecule has 1 aromatic heterocycles. The van der Waals surface area contributed by atoms with E-state index in [9.17, 15) is 18.0 Å². The van der Waals surface area contributed by atoms with Crippen LogP contribution in [0.4, 0.5) is 13.2 Å². The highest BCUT2D eigenvalue weighted by Gasteiger charge is 2.54. The fourth-order valence-corrected chi connectivity index (χ4v) is 3.38. The van der Waals surface area contributed by atoms with Crippen LogP contribution in [-0.4, -0.2) is 47.3 Å². The van der Waals surface area contributed by atoms with E-state index in [0.717, 1.165) is 19.1 Å². The Morgan fingerprint density at radius 3 is 2.70 bits per heavy atom. The van der Waals surface area contributed by atoms with Crippen molar-refractivity contribution >= 4 is 29.7 Å². The van der Waals surface area contributed by atoms with Gasteiger partial charge >= 0.3 is 0 Å². The summed E-state index contributed by atoms with van der Waals surface area (Å²) >= 11 is 6.00. The molecule has 0 saturated heterocycles. The first-order chi connectivity index (χ1) is 15.5. The fraction of sp³-hybridized carbons (Fsp3) is 0.286. The van der Waals surface area contributed by atoms with Crippen molar-refractivity contribution < 1.29 is 32.6 Å². The molecule has 1 aliphatic rings. The molecule has 1 atom stereocenters. The first-order valence-corrected chi connectivity index (χ1v) is 9.62. The molecule has 0 saturated carbocycles. The molecule has 0 aliphatic carbocycles. The summed E-state index contributed by atoms with van der Waals surface area (Å²) in [7, 11) is 0. The summed E-state index contributed by atoms with van der Waals surface area (Å²) in [5.41, 5.74) is 3.25. The van der Waals surface area contributed by atoms with E-state index in [2.05, 4.69) is 9.98 Å². The fourth-order valence-electron chi connectivity index (χ4n) is 3.11. The third kappa shape index (κ3) is 5.66. The van der Waals surface area contributed by atoms with Gasteiger partial charge in [0.15, 0.2) is 11.3 Å². The number of nitrogens with zero attached hydrogens (tertiary/aromatic N) is 3. The highest BCUT2D eigenvalue weighted by Crippen LogP contribution is 2.43. The van der Waals surface area contributed by atoms with E-state index in [1.54, 1.807) is 0 Å². The largest absolute Gasteiger partial charge is 0.483 e. The normalized spacial score (nSPS) is 19.2. The molecule has 1 aliphatic heterocycles. The second-order valence-corrected chi connectivity index (χ2v) is 7.47. The number of amidine groups is 1. The van der Waals surface area contributed by atoms with Crippen molar-refractivity contribution in [2.75, 3.05) is 13.2 Å². The van der Waals surface area contributed by atoms with Crippen LogP contribution < -0.4 is 5.73 Å². The molecule has 0 unspecified atom stereocenters. The summed E-state index contributed by atoms with van der Waals surface area (Å²) in [6, 6.07) is 6.59. The van der Waals surface area contributed by atoms with Gasteiger partial charge in [0, 0.05) is 18.2 Å². The van der Waals surface area contributed by atoms with Crippen LogP contribution in [-0.2, 0) is 21.5 Å². The number of hydrogen-bond donors (Lipinski definition) is 2. The van der Waals surface area contributed by atoms with Crippen molar-refractivity contribution in [1.82, 2.24) is 4.98 Å². The van der Waals surface area contributed by atoms with Crippen molar-refractivity contribution in [2.24, 2.45) is 10.7 Å². The molecule has 2 heterocycles. The second-order valence-electron chi connectivity index (χ2n) is 7.06. The van der Waals surface area contributed by atoms with Crippen LogP contribution in [0.25, 0.3) is 0 Å². The molecule has 2 aromatic rings. The van der Waals surface area contributed by atoms with Crippen LogP contribution in [0, 0.1) is 17.1 Å². The number of halogens is 4. The number of carboxylic acid groups (broad SMARTS) is 1. The Morgan fingerprint density at radius 1 is 1.42 bits per heavy atom. The topological polar surface area (TPSA) is 139 Å². The van der Waals surface area contributed by atoms with E-state index < -0.39 is 35.2 Å². The number of ether oxygens (including phenoxy) is 1. The number of carbonyl (C=O) groups excluding carboxylic acids is 1. The molecule has 1 aromatic carbocycles. The number of aromatic nitrogens is 1. The molecule has 12 heteroatoms. The minimum absolute atomic E-state index is 0.0156. The monoisotopic (exact) mass is 482 g/mol. The van der Waals surface area contributed by atoms with E-state index in [4.69, 9.17) is 37.2 Å². The van der Waals surface area contributed by atoms with Gasteiger partial charge in [-0.05, 0) is 30.7 Å². The average molecular weight is 483 g/mol. The van der Waals surface area contributed by atoms with Gasteiger partial charge in [-0.1, -0.05) is 17.7 Å². The summed E-state index contributed by atoms with van der Waals surface area (Å²) in [6.07, 6.45) is 0.920. The number of hydrogen-bond acceptors (Lipinski definition) is 7. The minimum Gasteiger partial charge on any atom is -0.483 e. The molecular formula is C21H18ClF3N4O4. The maximum absolute atomic E-state index is 14.8. The summed E-state index contributed by atoms with van der Waals surface area (Å²) in [6.45, 7) is -0.466. The van der Waals surface area contributed by atoms with Crippen LogP contribution in [0.1, 0.15) is 34.1 Å². The van der Waals surface area contributed by atoms with Gasteiger partial charge in [0.25, 0.3) is 12.4 Å². The SMILES string of the molecule is C[C@]1(c2cc(CC(=O)c3ncc(C#N)cc3Cl)ccc2F)N=C(N)COCC1(F)F.O=CO. The van der Waals surface area contributed by atoms with Crippen molar-refractivity contribution in [3.05, 3.63) is 63.7 Å². The number of nitriles is 1. The first kappa shape index (κ1) is 25.8. The molecule has 0 radical (unpaired) electrons. The Kier molecular flexibility index (Phi) is 8.13. The Balaban J connectivity index is 0.00000122. The van der Waals surface area contributed by atoms with Gasteiger partial charge in [0.05, 0.1) is 10.6 Å². The number of aliphatic imine (C=N–C) groups is 1. The second kappa shape index (κ2) is 10.4. The van der Waals surface area contributed by atoms with E-state index in [0.29, 0.717) is 0 Å². The zero-order valence-electron chi connectivity index (χ0n) is 17.2. The van der Waals surface area contributed by atoms with Gasteiger partial charge < -0.3 is 15.6 Å². The van der Waals surface area contributed by atoms with Crippen molar-refractivity contribution in [2.45, 2.75) is 24.8 Å². The quantitative estimate of drug-likeness (QED) is 0.504. The van der Waals surface area contributed by atoms with E-state index in [1.165, 1.54) is 18.3 Å². The maximum Gasteiger partial charge on any atom is 0.299 e. The summed E-state index contributed by atoms with van der Waals surface area (Å²) in [5, 5.41) is 15.7.